The fraction of sp³-hybridized carbons (Fsp3) is 0.478. The van der Waals surface area contributed by atoms with Crippen LogP contribution in [0, 0.1) is 0 Å². The van der Waals surface area contributed by atoms with E-state index in [4.69, 9.17) is 9.47 Å². The average Bonchev–Trinajstić information content (AvgIpc) is 3.34. The molecule has 30 heavy (non-hydrogen) atoms. The minimum Gasteiger partial charge on any atom is -0.497 e. The standard InChI is InChI=1S/C23H30N4O3/c1-24-23(27-11-9-26(10-12-27)22(28)21-4-3-13-30-21)25-16-17-5-6-19-15-20(29-2)8-7-18(19)14-17/h5-8,14-15,21H,3-4,9-13,16H2,1-2H3,(H,24,25). The van der Waals surface area contributed by atoms with E-state index in [2.05, 4.69) is 39.5 Å². The molecule has 0 bridgehead atoms. The highest BCUT2D eigenvalue weighted by atomic mass is 16.5. The van der Waals surface area contributed by atoms with Gasteiger partial charge in [0.05, 0.1) is 7.11 Å². The van der Waals surface area contributed by atoms with E-state index in [0.29, 0.717) is 26.2 Å². The smallest absolute Gasteiger partial charge is 0.251 e. The number of piperazine rings is 1. The highest BCUT2D eigenvalue weighted by Gasteiger charge is 2.30. The number of hydrogen-bond acceptors (Lipinski definition) is 4. The molecule has 160 valence electrons. The van der Waals surface area contributed by atoms with Crippen LogP contribution < -0.4 is 10.1 Å². The Kier molecular flexibility index (Phi) is 6.38. The summed E-state index contributed by atoms with van der Waals surface area (Å²) < 4.78 is 10.8. The van der Waals surface area contributed by atoms with Crippen molar-refractivity contribution in [2.75, 3.05) is 46.9 Å². The summed E-state index contributed by atoms with van der Waals surface area (Å²) in [4.78, 5) is 21.1. The Morgan fingerprint density at radius 3 is 2.57 bits per heavy atom. The van der Waals surface area contributed by atoms with Crippen LogP contribution in [0.25, 0.3) is 10.8 Å². The second kappa shape index (κ2) is 9.34. The van der Waals surface area contributed by atoms with Gasteiger partial charge >= 0.3 is 0 Å². The number of amides is 1. The number of carbonyl (C=O) groups excluding carboxylic acids is 1. The van der Waals surface area contributed by atoms with E-state index in [1.165, 1.54) is 10.9 Å². The van der Waals surface area contributed by atoms with E-state index in [1.807, 2.05) is 17.0 Å². The molecule has 0 spiro atoms. The summed E-state index contributed by atoms with van der Waals surface area (Å²) in [6, 6.07) is 12.5. The van der Waals surface area contributed by atoms with Crippen LogP contribution >= 0.6 is 0 Å². The van der Waals surface area contributed by atoms with Crippen molar-refractivity contribution in [2.24, 2.45) is 4.99 Å². The van der Waals surface area contributed by atoms with Crippen molar-refractivity contribution >= 4 is 22.6 Å². The second-order valence-electron chi connectivity index (χ2n) is 7.76. The number of hydrogen-bond donors (Lipinski definition) is 1. The Morgan fingerprint density at radius 1 is 1.13 bits per heavy atom. The number of benzene rings is 2. The zero-order chi connectivity index (χ0) is 20.9. The van der Waals surface area contributed by atoms with E-state index < -0.39 is 0 Å². The molecule has 2 aliphatic rings. The van der Waals surface area contributed by atoms with Crippen molar-refractivity contribution in [3.05, 3.63) is 42.0 Å². The van der Waals surface area contributed by atoms with Crippen LogP contribution in [0.1, 0.15) is 18.4 Å². The Bertz CT molecular complexity index is 916. The third-order valence-electron chi connectivity index (χ3n) is 5.87. The number of nitrogens with zero attached hydrogens (tertiary/aromatic N) is 3. The minimum absolute atomic E-state index is 0.142. The molecule has 4 rings (SSSR count). The molecule has 1 unspecified atom stereocenters. The first kappa shape index (κ1) is 20.5. The fourth-order valence-electron chi connectivity index (χ4n) is 4.14. The van der Waals surface area contributed by atoms with Crippen molar-refractivity contribution in [3.8, 4) is 5.75 Å². The van der Waals surface area contributed by atoms with Crippen LogP contribution in [0.5, 0.6) is 5.75 Å². The first-order valence-electron chi connectivity index (χ1n) is 10.6. The van der Waals surface area contributed by atoms with Gasteiger partial charge in [-0.3, -0.25) is 9.79 Å². The van der Waals surface area contributed by atoms with E-state index >= 15 is 0 Å². The molecule has 2 saturated heterocycles. The van der Waals surface area contributed by atoms with Gasteiger partial charge < -0.3 is 24.6 Å². The number of guanidine groups is 1. The summed E-state index contributed by atoms with van der Waals surface area (Å²) in [5.74, 6) is 1.88. The largest absolute Gasteiger partial charge is 0.497 e. The molecule has 7 heteroatoms. The predicted octanol–water partition coefficient (Wildman–Crippen LogP) is 2.25. The summed E-state index contributed by atoms with van der Waals surface area (Å²) >= 11 is 0. The highest BCUT2D eigenvalue weighted by Crippen LogP contribution is 2.22. The first-order chi connectivity index (χ1) is 14.7. The molecule has 1 N–H and O–H groups in total. The summed E-state index contributed by atoms with van der Waals surface area (Å²) in [7, 11) is 3.49. The van der Waals surface area contributed by atoms with Crippen LogP contribution in [0.3, 0.4) is 0 Å². The molecule has 2 aliphatic heterocycles. The van der Waals surface area contributed by atoms with Gasteiger partial charge in [-0.1, -0.05) is 18.2 Å². The van der Waals surface area contributed by atoms with Crippen LogP contribution in [0.4, 0.5) is 0 Å². The average molecular weight is 411 g/mol. The number of fused-ring (bicyclic) bond motifs is 1. The SMILES string of the molecule is CN=C(NCc1ccc2cc(OC)ccc2c1)N1CCN(C(=O)C2CCCO2)CC1. The molecule has 1 atom stereocenters. The van der Waals surface area contributed by atoms with E-state index in [-0.39, 0.29) is 12.0 Å². The topological polar surface area (TPSA) is 66.4 Å². The van der Waals surface area contributed by atoms with Crippen molar-refractivity contribution in [1.82, 2.24) is 15.1 Å². The van der Waals surface area contributed by atoms with E-state index in [1.54, 1.807) is 14.2 Å². The maximum absolute atomic E-state index is 12.5. The molecule has 0 saturated carbocycles. The van der Waals surface area contributed by atoms with E-state index in [0.717, 1.165) is 43.0 Å². The third-order valence-corrected chi connectivity index (χ3v) is 5.87. The number of rotatable bonds is 4. The number of nitrogens with one attached hydrogen (secondary N) is 1. The van der Waals surface area contributed by atoms with Crippen molar-refractivity contribution < 1.29 is 14.3 Å². The molecule has 0 aromatic heterocycles. The van der Waals surface area contributed by atoms with Crippen LogP contribution in [0.2, 0.25) is 0 Å². The first-order valence-corrected chi connectivity index (χ1v) is 10.6. The van der Waals surface area contributed by atoms with Gasteiger partial charge in [0, 0.05) is 46.4 Å². The predicted molar refractivity (Wildman–Crippen MR) is 118 cm³/mol. The quantitative estimate of drug-likeness (QED) is 0.619. The van der Waals surface area contributed by atoms with Crippen molar-refractivity contribution in [1.29, 1.82) is 0 Å². The van der Waals surface area contributed by atoms with E-state index in [9.17, 15) is 4.79 Å². The lowest BCUT2D eigenvalue weighted by Gasteiger charge is -2.37. The Labute approximate surface area is 177 Å². The number of carbonyl (C=O) groups is 1. The highest BCUT2D eigenvalue weighted by molar-refractivity contribution is 5.85. The zero-order valence-electron chi connectivity index (χ0n) is 17.8. The molecule has 2 aromatic rings. The van der Waals surface area contributed by atoms with Gasteiger partial charge in [-0.05, 0) is 47.4 Å². The summed E-state index contributed by atoms with van der Waals surface area (Å²) in [6.45, 7) is 4.36. The molecule has 0 aliphatic carbocycles. The Hall–Kier alpha value is -2.80. The lowest BCUT2D eigenvalue weighted by atomic mass is 10.1. The maximum Gasteiger partial charge on any atom is 0.251 e. The Morgan fingerprint density at radius 2 is 1.87 bits per heavy atom. The number of aliphatic imine (C=N–C) groups is 1. The van der Waals surface area contributed by atoms with Crippen LogP contribution in [0.15, 0.2) is 41.4 Å². The van der Waals surface area contributed by atoms with Gasteiger partial charge in [0.2, 0.25) is 0 Å². The molecule has 0 radical (unpaired) electrons. The monoisotopic (exact) mass is 410 g/mol. The summed E-state index contributed by atoms with van der Waals surface area (Å²) in [5.41, 5.74) is 1.20. The molecular weight excluding hydrogens is 380 g/mol. The summed E-state index contributed by atoms with van der Waals surface area (Å²) in [6.07, 6.45) is 1.60. The third kappa shape index (κ3) is 4.51. The minimum atomic E-state index is -0.234. The van der Waals surface area contributed by atoms with Crippen molar-refractivity contribution in [3.63, 3.8) is 0 Å². The number of methoxy groups -OCH3 is 1. The van der Waals surface area contributed by atoms with Gasteiger partial charge in [0.25, 0.3) is 5.91 Å². The lowest BCUT2D eigenvalue weighted by Crippen LogP contribution is -2.55. The number of ether oxygens (including phenoxy) is 2. The Balaban J connectivity index is 1.32. The molecule has 2 aromatic carbocycles. The molecule has 7 nitrogen and oxygen atoms in total. The van der Waals surface area contributed by atoms with Crippen molar-refractivity contribution in [2.45, 2.75) is 25.5 Å². The summed E-state index contributed by atoms with van der Waals surface area (Å²) in [5, 5.41) is 5.81. The van der Waals surface area contributed by atoms with Gasteiger partial charge in [0.1, 0.15) is 11.9 Å². The normalized spacial score (nSPS) is 19.9. The molecular formula is C23H30N4O3. The molecule has 1 amide bonds. The lowest BCUT2D eigenvalue weighted by molar-refractivity contribution is -0.142. The van der Waals surface area contributed by atoms with Gasteiger partial charge in [-0.25, -0.2) is 0 Å². The molecule has 2 fully saturated rings. The second-order valence-corrected chi connectivity index (χ2v) is 7.76. The van der Waals surface area contributed by atoms with Gasteiger partial charge in [-0.15, -0.1) is 0 Å². The van der Waals surface area contributed by atoms with Gasteiger partial charge in [-0.2, -0.15) is 0 Å². The zero-order valence-corrected chi connectivity index (χ0v) is 17.8. The fourth-order valence-corrected chi connectivity index (χ4v) is 4.14. The molecule has 2 heterocycles. The van der Waals surface area contributed by atoms with Crippen LogP contribution in [-0.4, -0.2) is 74.7 Å². The van der Waals surface area contributed by atoms with Crippen LogP contribution in [-0.2, 0) is 16.1 Å². The van der Waals surface area contributed by atoms with Gasteiger partial charge in [0.15, 0.2) is 5.96 Å². The maximum atomic E-state index is 12.5.